The number of alkyl halides is 1. The highest BCUT2D eigenvalue weighted by Gasteiger charge is 2.33. The molecule has 1 amide bonds. The van der Waals surface area contributed by atoms with E-state index in [1.807, 2.05) is 0 Å². The molecule has 1 heterocycles. The van der Waals surface area contributed by atoms with Crippen LogP contribution in [-0.4, -0.2) is 48.4 Å². The molecule has 2 atom stereocenters. The lowest BCUT2D eigenvalue weighted by Gasteiger charge is -2.37. The van der Waals surface area contributed by atoms with Crippen molar-refractivity contribution in [3.63, 3.8) is 0 Å². The van der Waals surface area contributed by atoms with Gasteiger partial charge in [-0.15, -0.1) is 0 Å². The summed E-state index contributed by atoms with van der Waals surface area (Å²) in [6, 6.07) is -0.427. The molecular formula is C11H21FN2O2. The lowest BCUT2D eigenvalue weighted by Crippen LogP contribution is -2.57. The van der Waals surface area contributed by atoms with Crippen molar-refractivity contribution >= 4 is 6.09 Å². The molecule has 1 rings (SSSR count). The van der Waals surface area contributed by atoms with Crippen LogP contribution in [0.25, 0.3) is 0 Å². The first-order chi connectivity index (χ1) is 7.31. The van der Waals surface area contributed by atoms with Gasteiger partial charge < -0.3 is 10.1 Å². The maximum atomic E-state index is 13.3. The SMILES string of the molecule is CC(F)C1CNCCN1C(=O)OC(C)(C)C. The molecule has 1 fully saturated rings. The number of carbonyl (C=O) groups is 1. The van der Waals surface area contributed by atoms with E-state index in [-0.39, 0.29) is 0 Å². The first kappa shape index (κ1) is 13.2. The van der Waals surface area contributed by atoms with E-state index in [1.54, 1.807) is 20.8 Å². The Labute approximate surface area is 96.1 Å². The monoisotopic (exact) mass is 232 g/mol. The van der Waals surface area contributed by atoms with Crippen LogP contribution in [0.1, 0.15) is 27.7 Å². The molecule has 1 N–H and O–H groups in total. The Morgan fingerprint density at radius 3 is 2.69 bits per heavy atom. The van der Waals surface area contributed by atoms with Gasteiger partial charge in [-0.3, -0.25) is 4.90 Å². The highest BCUT2D eigenvalue weighted by Crippen LogP contribution is 2.16. The van der Waals surface area contributed by atoms with E-state index >= 15 is 0 Å². The lowest BCUT2D eigenvalue weighted by atomic mass is 10.1. The van der Waals surface area contributed by atoms with Crippen molar-refractivity contribution in [1.29, 1.82) is 0 Å². The normalized spacial score (nSPS) is 24.1. The number of nitrogens with one attached hydrogen (secondary N) is 1. The van der Waals surface area contributed by atoms with Crippen LogP contribution in [0.15, 0.2) is 0 Å². The third kappa shape index (κ3) is 3.63. The lowest BCUT2D eigenvalue weighted by molar-refractivity contribution is 0.00234. The predicted octanol–water partition coefficient (Wildman–Crippen LogP) is 1.55. The van der Waals surface area contributed by atoms with Crippen LogP contribution in [0.5, 0.6) is 0 Å². The van der Waals surface area contributed by atoms with Gasteiger partial charge in [0.1, 0.15) is 11.8 Å². The minimum atomic E-state index is -1.06. The fraction of sp³-hybridized carbons (Fsp3) is 0.909. The number of nitrogens with zero attached hydrogens (tertiary/aromatic N) is 1. The summed E-state index contributed by atoms with van der Waals surface area (Å²) in [4.78, 5) is 13.3. The summed E-state index contributed by atoms with van der Waals surface area (Å²) >= 11 is 0. The zero-order chi connectivity index (χ0) is 12.3. The smallest absolute Gasteiger partial charge is 0.410 e. The largest absolute Gasteiger partial charge is 0.444 e. The molecule has 1 aliphatic rings. The van der Waals surface area contributed by atoms with Crippen LogP contribution in [0.2, 0.25) is 0 Å². The van der Waals surface area contributed by atoms with Crippen LogP contribution >= 0.6 is 0 Å². The molecule has 4 nitrogen and oxygen atoms in total. The summed E-state index contributed by atoms with van der Waals surface area (Å²) in [6.07, 6.45) is -1.48. The summed E-state index contributed by atoms with van der Waals surface area (Å²) < 4.78 is 18.6. The molecule has 0 aromatic carbocycles. The second-order valence-electron chi connectivity index (χ2n) is 5.12. The van der Waals surface area contributed by atoms with Crippen molar-refractivity contribution in [3.8, 4) is 0 Å². The van der Waals surface area contributed by atoms with Gasteiger partial charge in [-0.1, -0.05) is 0 Å². The Bertz CT molecular complexity index is 251. The van der Waals surface area contributed by atoms with Gasteiger partial charge in [-0.2, -0.15) is 0 Å². The first-order valence-corrected chi connectivity index (χ1v) is 5.65. The number of piperazine rings is 1. The Morgan fingerprint density at radius 1 is 1.56 bits per heavy atom. The van der Waals surface area contributed by atoms with Gasteiger partial charge in [0.15, 0.2) is 0 Å². The van der Waals surface area contributed by atoms with Crippen LogP contribution in [0, 0.1) is 0 Å². The number of ether oxygens (including phenoxy) is 1. The Kier molecular flexibility index (Phi) is 4.13. The van der Waals surface area contributed by atoms with Crippen molar-refractivity contribution in [2.24, 2.45) is 0 Å². The molecule has 1 aliphatic heterocycles. The number of hydrogen-bond donors (Lipinski definition) is 1. The minimum absolute atomic E-state index is 0.427. The van der Waals surface area contributed by atoms with E-state index in [4.69, 9.17) is 4.74 Å². The minimum Gasteiger partial charge on any atom is -0.444 e. The third-order valence-electron chi connectivity index (χ3n) is 2.44. The summed E-state index contributed by atoms with van der Waals surface area (Å²) in [5, 5.41) is 3.07. The predicted molar refractivity (Wildman–Crippen MR) is 60.2 cm³/mol. The summed E-state index contributed by atoms with van der Waals surface area (Å²) in [5.41, 5.74) is -0.536. The molecule has 5 heteroatoms. The van der Waals surface area contributed by atoms with Gasteiger partial charge in [-0.25, -0.2) is 9.18 Å². The molecule has 2 unspecified atom stereocenters. The Morgan fingerprint density at radius 2 is 2.19 bits per heavy atom. The fourth-order valence-corrected chi connectivity index (χ4v) is 1.68. The fourth-order valence-electron chi connectivity index (χ4n) is 1.68. The van der Waals surface area contributed by atoms with E-state index in [9.17, 15) is 9.18 Å². The van der Waals surface area contributed by atoms with Gasteiger partial charge in [-0.05, 0) is 27.7 Å². The molecular weight excluding hydrogens is 211 g/mol. The highest BCUT2D eigenvalue weighted by molar-refractivity contribution is 5.68. The molecule has 0 radical (unpaired) electrons. The van der Waals surface area contributed by atoms with Gasteiger partial charge in [0.05, 0.1) is 6.04 Å². The molecule has 0 spiro atoms. The number of halogens is 1. The molecule has 0 bridgehead atoms. The molecule has 0 aromatic rings. The van der Waals surface area contributed by atoms with E-state index in [2.05, 4.69) is 5.32 Å². The first-order valence-electron chi connectivity index (χ1n) is 5.65. The van der Waals surface area contributed by atoms with Gasteiger partial charge in [0.2, 0.25) is 0 Å². The zero-order valence-corrected chi connectivity index (χ0v) is 10.4. The van der Waals surface area contributed by atoms with E-state index < -0.39 is 23.9 Å². The van der Waals surface area contributed by atoms with Crippen LogP contribution in [0.4, 0.5) is 9.18 Å². The summed E-state index contributed by atoms with van der Waals surface area (Å²) in [5.74, 6) is 0. The van der Waals surface area contributed by atoms with Crippen LogP contribution in [0.3, 0.4) is 0 Å². The number of rotatable bonds is 1. The third-order valence-corrected chi connectivity index (χ3v) is 2.44. The van der Waals surface area contributed by atoms with Crippen molar-refractivity contribution in [2.75, 3.05) is 19.6 Å². The average molecular weight is 232 g/mol. The molecule has 0 aliphatic carbocycles. The molecule has 94 valence electrons. The second kappa shape index (κ2) is 4.99. The molecule has 0 saturated carbocycles. The molecule has 1 saturated heterocycles. The maximum absolute atomic E-state index is 13.3. The number of amides is 1. The number of hydrogen-bond acceptors (Lipinski definition) is 3. The van der Waals surface area contributed by atoms with Crippen LogP contribution < -0.4 is 5.32 Å². The average Bonchev–Trinajstić information content (AvgIpc) is 2.15. The number of carbonyl (C=O) groups excluding carboxylic acids is 1. The van der Waals surface area contributed by atoms with E-state index in [0.29, 0.717) is 19.6 Å². The summed E-state index contributed by atoms with van der Waals surface area (Å²) in [7, 11) is 0. The molecule has 0 aromatic heterocycles. The summed E-state index contributed by atoms with van der Waals surface area (Å²) in [6.45, 7) is 8.55. The van der Waals surface area contributed by atoms with Crippen LogP contribution in [-0.2, 0) is 4.74 Å². The topological polar surface area (TPSA) is 41.6 Å². The van der Waals surface area contributed by atoms with Gasteiger partial charge in [0.25, 0.3) is 0 Å². The van der Waals surface area contributed by atoms with E-state index in [0.717, 1.165) is 0 Å². The molecule has 16 heavy (non-hydrogen) atoms. The van der Waals surface area contributed by atoms with Crippen molar-refractivity contribution in [3.05, 3.63) is 0 Å². The second-order valence-corrected chi connectivity index (χ2v) is 5.12. The van der Waals surface area contributed by atoms with E-state index in [1.165, 1.54) is 11.8 Å². The Hall–Kier alpha value is -0.840. The maximum Gasteiger partial charge on any atom is 0.410 e. The zero-order valence-electron chi connectivity index (χ0n) is 10.4. The van der Waals surface area contributed by atoms with Crippen molar-refractivity contribution in [1.82, 2.24) is 10.2 Å². The van der Waals surface area contributed by atoms with Gasteiger partial charge >= 0.3 is 6.09 Å². The van der Waals surface area contributed by atoms with Gasteiger partial charge in [0, 0.05) is 19.6 Å². The highest BCUT2D eigenvalue weighted by atomic mass is 19.1. The quantitative estimate of drug-likeness (QED) is 0.746. The Balaban J connectivity index is 2.64. The standard InChI is InChI=1S/C11H21FN2O2/c1-8(12)9-7-13-5-6-14(9)10(15)16-11(2,3)4/h8-9,13H,5-7H2,1-4H3. The van der Waals surface area contributed by atoms with Crippen molar-refractivity contribution < 1.29 is 13.9 Å². The van der Waals surface area contributed by atoms with Crippen molar-refractivity contribution in [2.45, 2.75) is 45.5 Å².